The number of hydrogen-bond donors (Lipinski definition) is 3. The molecule has 0 fully saturated rings. The quantitative estimate of drug-likeness (QED) is 0.523. The van der Waals surface area contributed by atoms with E-state index >= 15 is 0 Å². The van der Waals surface area contributed by atoms with Gasteiger partial charge in [-0.1, -0.05) is 19.4 Å². The molecule has 0 spiro atoms. The van der Waals surface area contributed by atoms with Gasteiger partial charge in [-0.2, -0.15) is 0 Å². The summed E-state index contributed by atoms with van der Waals surface area (Å²) in [7, 11) is 0. The van der Waals surface area contributed by atoms with Crippen LogP contribution in [0.25, 0.3) is 0 Å². The molecule has 0 radical (unpaired) electrons. The van der Waals surface area contributed by atoms with Crippen LogP contribution in [-0.4, -0.2) is 12.6 Å². The first kappa shape index (κ1) is 11.4. The number of unbranched alkanes of at least 4 members (excludes halogenated alkanes) is 1. The molecule has 1 aromatic carbocycles. The van der Waals surface area contributed by atoms with Crippen LogP contribution in [0.4, 0.5) is 16.2 Å². The second-order valence-corrected chi connectivity index (χ2v) is 3.36. The molecule has 4 nitrogen and oxygen atoms in total. The number of carbonyl (C=O) groups is 1. The van der Waals surface area contributed by atoms with Gasteiger partial charge in [-0.05, 0) is 24.6 Å². The zero-order valence-corrected chi connectivity index (χ0v) is 8.92. The summed E-state index contributed by atoms with van der Waals surface area (Å²) in [5.74, 6) is 0. The average molecular weight is 207 g/mol. The number of rotatable bonds is 4. The molecule has 0 aromatic heterocycles. The lowest BCUT2D eigenvalue weighted by atomic mass is 10.3. The van der Waals surface area contributed by atoms with Gasteiger partial charge in [-0.15, -0.1) is 0 Å². The highest BCUT2D eigenvalue weighted by atomic mass is 16.2. The number of carbonyl (C=O) groups excluding carboxylic acids is 1. The number of urea groups is 1. The minimum atomic E-state index is -0.186. The summed E-state index contributed by atoms with van der Waals surface area (Å²) in [5.41, 5.74) is 6.94. The largest absolute Gasteiger partial charge is 0.399 e. The lowest BCUT2D eigenvalue weighted by Crippen LogP contribution is -2.29. The molecule has 4 N–H and O–H groups in total. The molecule has 2 amide bonds. The van der Waals surface area contributed by atoms with Gasteiger partial charge in [0.15, 0.2) is 0 Å². The van der Waals surface area contributed by atoms with E-state index in [0.29, 0.717) is 17.9 Å². The lowest BCUT2D eigenvalue weighted by molar-refractivity contribution is 0.252. The fraction of sp³-hybridized carbons (Fsp3) is 0.364. The van der Waals surface area contributed by atoms with Gasteiger partial charge >= 0.3 is 6.03 Å². The maximum atomic E-state index is 11.3. The number of benzene rings is 1. The molecule has 0 aliphatic carbocycles. The molecule has 0 saturated heterocycles. The first-order chi connectivity index (χ1) is 7.22. The fourth-order valence-electron chi connectivity index (χ4n) is 1.17. The second kappa shape index (κ2) is 5.90. The molecule has 0 atom stereocenters. The van der Waals surface area contributed by atoms with Crippen molar-refractivity contribution in [3.63, 3.8) is 0 Å². The summed E-state index contributed by atoms with van der Waals surface area (Å²) in [6, 6.07) is 6.92. The molecule has 0 aliphatic rings. The summed E-state index contributed by atoms with van der Waals surface area (Å²) in [5, 5.41) is 5.47. The average Bonchev–Trinajstić information content (AvgIpc) is 2.18. The van der Waals surface area contributed by atoms with E-state index in [2.05, 4.69) is 17.6 Å². The zero-order valence-electron chi connectivity index (χ0n) is 8.92. The highest BCUT2D eigenvalue weighted by molar-refractivity contribution is 5.89. The smallest absolute Gasteiger partial charge is 0.319 e. The van der Waals surface area contributed by atoms with Crippen LogP contribution in [0.5, 0.6) is 0 Å². The number of amides is 2. The van der Waals surface area contributed by atoms with E-state index in [-0.39, 0.29) is 6.03 Å². The molecule has 0 saturated carbocycles. The molecule has 0 aliphatic heterocycles. The van der Waals surface area contributed by atoms with Crippen molar-refractivity contribution in [3.05, 3.63) is 24.3 Å². The van der Waals surface area contributed by atoms with E-state index in [9.17, 15) is 4.79 Å². The van der Waals surface area contributed by atoms with Crippen LogP contribution in [0, 0.1) is 0 Å². The van der Waals surface area contributed by atoms with Gasteiger partial charge in [0.2, 0.25) is 0 Å². The number of nitrogens with one attached hydrogen (secondary N) is 2. The summed E-state index contributed by atoms with van der Waals surface area (Å²) in [4.78, 5) is 11.3. The van der Waals surface area contributed by atoms with Gasteiger partial charge in [-0.3, -0.25) is 0 Å². The fourth-order valence-corrected chi connectivity index (χ4v) is 1.17. The van der Waals surface area contributed by atoms with E-state index in [0.717, 1.165) is 12.8 Å². The molecule has 15 heavy (non-hydrogen) atoms. The molecule has 1 rings (SSSR count). The molecule has 0 unspecified atom stereocenters. The van der Waals surface area contributed by atoms with Crippen LogP contribution in [0.3, 0.4) is 0 Å². The Morgan fingerprint density at radius 2 is 2.27 bits per heavy atom. The van der Waals surface area contributed by atoms with Gasteiger partial charge in [0.1, 0.15) is 0 Å². The van der Waals surface area contributed by atoms with Gasteiger partial charge in [0, 0.05) is 17.9 Å². The Morgan fingerprint density at radius 3 is 2.93 bits per heavy atom. The highest BCUT2D eigenvalue weighted by Crippen LogP contribution is 2.11. The van der Waals surface area contributed by atoms with E-state index in [1.165, 1.54) is 0 Å². The predicted octanol–water partition coefficient (Wildman–Crippen LogP) is 2.19. The van der Waals surface area contributed by atoms with Gasteiger partial charge in [-0.25, -0.2) is 4.79 Å². The Balaban J connectivity index is 2.37. The Kier molecular flexibility index (Phi) is 4.47. The van der Waals surface area contributed by atoms with E-state index < -0.39 is 0 Å². The maximum Gasteiger partial charge on any atom is 0.319 e. The van der Waals surface area contributed by atoms with Crippen molar-refractivity contribution >= 4 is 17.4 Å². The Bertz CT molecular complexity index is 325. The number of hydrogen-bond acceptors (Lipinski definition) is 2. The molecular formula is C11H17N3O. The monoisotopic (exact) mass is 207 g/mol. The van der Waals surface area contributed by atoms with E-state index in [4.69, 9.17) is 5.73 Å². The molecule has 0 bridgehead atoms. The van der Waals surface area contributed by atoms with Crippen LogP contribution in [0.2, 0.25) is 0 Å². The normalized spacial score (nSPS) is 9.67. The standard InChI is InChI=1S/C11H17N3O/c1-2-3-7-13-11(15)14-10-6-4-5-9(12)8-10/h4-6,8H,2-3,7,12H2,1H3,(H2,13,14,15). The molecule has 0 heterocycles. The predicted molar refractivity (Wildman–Crippen MR) is 62.8 cm³/mol. The van der Waals surface area contributed by atoms with Crippen molar-refractivity contribution in [2.75, 3.05) is 17.6 Å². The van der Waals surface area contributed by atoms with Crippen molar-refractivity contribution in [1.82, 2.24) is 5.32 Å². The number of anilines is 2. The van der Waals surface area contributed by atoms with Crippen LogP contribution in [-0.2, 0) is 0 Å². The summed E-state index contributed by atoms with van der Waals surface area (Å²) in [6.45, 7) is 2.78. The summed E-state index contributed by atoms with van der Waals surface area (Å²) < 4.78 is 0. The van der Waals surface area contributed by atoms with Crippen molar-refractivity contribution in [1.29, 1.82) is 0 Å². The van der Waals surface area contributed by atoms with E-state index in [1.807, 2.05) is 0 Å². The molecule has 4 heteroatoms. The molecule has 1 aromatic rings. The van der Waals surface area contributed by atoms with Gasteiger partial charge in [0.05, 0.1) is 0 Å². The van der Waals surface area contributed by atoms with Crippen molar-refractivity contribution in [2.45, 2.75) is 19.8 Å². The Hall–Kier alpha value is -1.71. The Labute approximate surface area is 89.9 Å². The first-order valence-electron chi connectivity index (χ1n) is 5.12. The summed E-state index contributed by atoms with van der Waals surface area (Å²) >= 11 is 0. The third kappa shape index (κ3) is 4.35. The van der Waals surface area contributed by atoms with Gasteiger partial charge < -0.3 is 16.4 Å². The van der Waals surface area contributed by atoms with Crippen LogP contribution >= 0.6 is 0 Å². The SMILES string of the molecule is CCCCNC(=O)Nc1cccc(N)c1. The van der Waals surface area contributed by atoms with E-state index in [1.54, 1.807) is 24.3 Å². The topological polar surface area (TPSA) is 67.2 Å². The third-order valence-electron chi connectivity index (χ3n) is 1.96. The number of nitrogen functional groups attached to an aromatic ring is 1. The minimum Gasteiger partial charge on any atom is -0.399 e. The van der Waals surface area contributed by atoms with Crippen molar-refractivity contribution in [2.24, 2.45) is 0 Å². The zero-order chi connectivity index (χ0) is 11.1. The number of nitrogens with two attached hydrogens (primary N) is 1. The Morgan fingerprint density at radius 1 is 1.47 bits per heavy atom. The minimum absolute atomic E-state index is 0.186. The maximum absolute atomic E-state index is 11.3. The van der Waals surface area contributed by atoms with Crippen LogP contribution in [0.15, 0.2) is 24.3 Å². The first-order valence-corrected chi connectivity index (χ1v) is 5.12. The summed E-state index contributed by atoms with van der Waals surface area (Å²) in [6.07, 6.45) is 2.06. The van der Waals surface area contributed by atoms with Crippen LogP contribution < -0.4 is 16.4 Å². The third-order valence-corrected chi connectivity index (χ3v) is 1.96. The lowest BCUT2D eigenvalue weighted by Gasteiger charge is -2.07. The van der Waals surface area contributed by atoms with Crippen molar-refractivity contribution < 1.29 is 4.79 Å². The molecule has 82 valence electrons. The van der Waals surface area contributed by atoms with Gasteiger partial charge in [0.25, 0.3) is 0 Å². The highest BCUT2D eigenvalue weighted by Gasteiger charge is 1.99. The molecular weight excluding hydrogens is 190 g/mol. The van der Waals surface area contributed by atoms with Crippen LogP contribution in [0.1, 0.15) is 19.8 Å². The van der Waals surface area contributed by atoms with Crippen molar-refractivity contribution in [3.8, 4) is 0 Å². The second-order valence-electron chi connectivity index (χ2n) is 3.36.